The van der Waals surface area contributed by atoms with Gasteiger partial charge in [-0.25, -0.2) is 0 Å². The van der Waals surface area contributed by atoms with Gasteiger partial charge in [0, 0.05) is 18.5 Å². The molecular formula is C10H15NO. The molecule has 1 N–H and O–H groups in total. The highest BCUT2D eigenvalue weighted by molar-refractivity contribution is 5.17. The van der Waals surface area contributed by atoms with Crippen molar-refractivity contribution in [2.45, 2.75) is 26.2 Å². The van der Waals surface area contributed by atoms with Crippen LogP contribution in [0.15, 0.2) is 18.3 Å². The molecule has 0 radical (unpaired) electrons. The number of hydrogen-bond acceptors (Lipinski definition) is 2. The summed E-state index contributed by atoms with van der Waals surface area (Å²) in [6.45, 7) is 2.35. The average molecular weight is 165 g/mol. The highest BCUT2D eigenvalue weighted by Crippen LogP contribution is 2.06. The smallest absolute Gasteiger partial charge is 0.0432 e. The molecule has 2 heteroatoms. The van der Waals surface area contributed by atoms with Crippen LogP contribution in [0.2, 0.25) is 0 Å². The summed E-state index contributed by atoms with van der Waals surface area (Å²) in [6.07, 6.45) is 4.69. The van der Waals surface area contributed by atoms with Crippen molar-refractivity contribution in [2.24, 2.45) is 0 Å². The molecule has 1 aromatic rings. The number of aryl methyl sites for hydroxylation is 2. The van der Waals surface area contributed by atoms with E-state index in [1.165, 1.54) is 5.56 Å². The lowest BCUT2D eigenvalue weighted by Gasteiger charge is -2.02. The molecule has 1 aromatic heterocycles. The highest BCUT2D eigenvalue weighted by atomic mass is 16.2. The normalized spacial score (nSPS) is 10.2. The summed E-state index contributed by atoms with van der Waals surface area (Å²) in [5.41, 5.74) is 2.40. The summed E-state index contributed by atoms with van der Waals surface area (Å²) in [6, 6.07) is 4.02. The van der Waals surface area contributed by atoms with E-state index in [0.717, 1.165) is 25.0 Å². The van der Waals surface area contributed by atoms with E-state index in [0.29, 0.717) is 0 Å². The van der Waals surface area contributed by atoms with Gasteiger partial charge in [-0.2, -0.15) is 0 Å². The summed E-state index contributed by atoms with van der Waals surface area (Å²) in [5.74, 6) is 0. The minimum atomic E-state index is 0.284. The lowest BCUT2D eigenvalue weighted by atomic mass is 10.1. The zero-order valence-electron chi connectivity index (χ0n) is 7.45. The van der Waals surface area contributed by atoms with Crippen molar-refractivity contribution >= 4 is 0 Å². The Labute approximate surface area is 73.3 Å². The maximum Gasteiger partial charge on any atom is 0.0432 e. The number of pyridine rings is 1. The van der Waals surface area contributed by atoms with E-state index in [-0.39, 0.29) is 6.61 Å². The molecule has 0 atom stereocenters. The highest BCUT2D eigenvalue weighted by Gasteiger charge is 1.97. The second-order valence-corrected chi connectivity index (χ2v) is 2.95. The topological polar surface area (TPSA) is 33.1 Å². The molecule has 0 aliphatic carbocycles. The summed E-state index contributed by atoms with van der Waals surface area (Å²) >= 11 is 0. The Morgan fingerprint density at radius 3 is 2.92 bits per heavy atom. The maximum absolute atomic E-state index is 8.59. The molecule has 0 aromatic carbocycles. The largest absolute Gasteiger partial charge is 0.396 e. The van der Waals surface area contributed by atoms with Gasteiger partial charge in [-0.3, -0.25) is 4.98 Å². The van der Waals surface area contributed by atoms with E-state index in [1.54, 1.807) is 0 Å². The number of rotatable bonds is 4. The molecule has 1 rings (SSSR count). The molecule has 0 bridgehead atoms. The van der Waals surface area contributed by atoms with E-state index in [1.807, 2.05) is 12.3 Å². The van der Waals surface area contributed by atoms with Crippen LogP contribution in [-0.2, 0) is 6.42 Å². The van der Waals surface area contributed by atoms with Gasteiger partial charge in [-0.1, -0.05) is 6.07 Å². The van der Waals surface area contributed by atoms with Crippen molar-refractivity contribution in [3.05, 3.63) is 29.6 Å². The predicted molar refractivity (Wildman–Crippen MR) is 49.0 cm³/mol. The van der Waals surface area contributed by atoms with Gasteiger partial charge in [0.25, 0.3) is 0 Å². The van der Waals surface area contributed by atoms with Crippen LogP contribution in [0, 0.1) is 6.92 Å². The number of aliphatic hydroxyl groups excluding tert-OH is 1. The van der Waals surface area contributed by atoms with Gasteiger partial charge < -0.3 is 5.11 Å². The molecule has 0 aliphatic heterocycles. The van der Waals surface area contributed by atoms with Crippen LogP contribution >= 0.6 is 0 Å². The van der Waals surface area contributed by atoms with E-state index in [9.17, 15) is 0 Å². The molecule has 12 heavy (non-hydrogen) atoms. The first kappa shape index (κ1) is 9.20. The summed E-state index contributed by atoms with van der Waals surface area (Å²) in [5, 5.41) is 8.59. The average Bonchev–Trinajstić information content (AvgIpc) is 2.09. The minimum absolute atomic E-state index is 0.284. The van der Waals surface area contributed by atoms with Crippen LogP contribution in [0.4, 0.5) is 0 Å². The Morgan fingerprint density at radius 1 is 1.42 bits per heavy atom. The van der Waals surface area contributed by atoms with E-state index in [4.69, 9.17) is 5.11 Å². The molecule has 0 unspecified atom stereocenters. The van der Waals surface area contributed by atoms with Gasteiger partial charge in [0.05, 0.1) is 0 Å². The van der Waals surface area contributed by atoms with Gasteiger partial charge in [0.1, 0.15) is 0 Å². The third-order valence-electron chi connectivity index (χ3n) is 1.94. The van der Waals surface area contributed by atoms with Crippen LogP contribution in [0.25, 0.3) is 0 Å². The van der Waals surface area contributed by atoms with E-state index >= 15 is 0 Å². The van der Waals surface area contributed by atoms with Gasteiger partial charge in [0.2, 0.25) is 0 Å². The lowest BCUT2D eigenvalue weighted by molar-refractivity contribution is 0.284. The van der Waals surface area contributed by atoms with Gasteiger partial charge in [-0.15, -0.1) is 0 Å². The molecule has 0 saturated carbocycles. The number of aliphatic hydroxyl groups is 1. The second kappa shape index (κ2) is 4.88. The SMILES string of the molecule is Cc1cccnc1CCCCO. The number of aromatic nitrogens is 1. The second-order valence-electron chi connectivity index (χ2n) is 2.95. The van der Waals surface area contributed by atoms with E-state index < -0.39 is 0 Å². The number of unbranched alkanes of at least 4 members (excludes halogenated alkanes) is 1. The molecule has 0 spiro atoms. The summed E-state index contributed by atoms with van der Waals surface area (Å²) in [4.78, 5) is 4.27. The molecule has 0 saturated heterocycles. The maximum atomic E-state index is 8.59. The van der Waals surface area contributed by atoms with Crippen LogP contribution in [0.1, 0.15) is 24.1 Å². The fourth-order valence-electron chi connectivity index (χ4n) is 1.18. The molecule has 2 nitrogen and oxygen atoms in total. The third kappa shape index (κ3) is 2.62. The zero-order chi connectivity index (χ0) is 8.81. The Balaban J connectivity index is 2.46. The molecule has 1 heterocycles. The van der Waals surface area contributed by atoms with E-state index in [2.05, 4.69) is 18.0 Å². The third-order valence-corrected chi connectivity index (χ3v) is 1.94. The van der Waals surface area contributed by atoms with Crippen molar-refractivity contribution in [3.63, 3.8) is 0 Å². The molecule has 0 amide bonds. The van der Waals surface area contributed by atoms with Crippen molar-refractivity contribution in [1.82, 2.24) is 4.98 Å². The summed E-state index contributed by atoms with van der Waals surface area (Å²) < 4.78 is 0. The molecule has 0 aliphatic rings. The van der Waals surface area contributed by atoms with Crippen molar-refractivity contribution < 1.29 is 5.11 Å². The molecular weight excluding hydrogens is 150 g/mol. The van der Waals surface area contributed by atoms with Crippen LogP contribution in [-0.4, -0.2) is 16.7 Å². The minimum Gasteiger partial charge on any atom is -0.396 e. The van der Waals surface area contributed by atoms with Crippen LogP contribution in [0.5, 0.6) is 0 Å². The predicted octanol–water partition coefficient (Wildman–Crippen LogP) is 1.71. The van der Waals surface area contributed by atoms with Crippen molar-refractivity contribution in [3.8, 4) is 0 Å². The summed E-state index contributed by atoms with van der Waals surface area (Å²) in [7, 11) is 0. The fraction of sp³-hybridized carbons (Fsp3) is 0.500. The van der Waals surface area contributed by atoms with Crippen molar-refractivity contribution in [1.29, 1.82) is 0 Å². The lowest BCUT2D eigenvalue weighted by Crippen LogP contribution is -1.94. The quantitative estimate of drug-likeness (QED) is 0.689. The van der Waals surface area contributed by atoms with Crippen molar-refractivity contribution in [2.75, 3.05) is 6.61 Å². The monoisotopic (exact) mass is 165 g/mol. The van der Waals surface area contributed by atoms with Gasteiger partial charge in [-0.05, 0) is 37.8 Å². The van der Waals surface area contributed by atoms with Gasteiger partial charge in [0.15, 0.2) is 0 Å². The first-order valence-electron chi connectivity index (χ1n) is 4.36. The number of hydrogen-bond donors (Lipinski definition) is 1. The Hall–Kier alpha value is -0.890. The molecule has 66 valence electrons. The standard InChI is InChI=1S/C10H15NO/c1-9-5-4-7-11-10(9)6-2-3-8-12/h4-5,7,12H,2-3,6,8H2,1H3. The Bertz CT molecular complexity index is 235. The zero-order valence-corrected chi connectivity index (χ0v) is 7.45. The van der Waals surface area contributed by atoms with Gasteiger partial charge >= 0.3 is 0 Å². The first-order chi connectivity index (χ1) is 5.84. The first-order valence-corrected chi connectivity index (χ1v) is 4.36. The Kier molecular flexibility index (Phi) is 3.74. The molecule has 0 fully saturated rings. The Morgan fingerprint density at radius 2 is 2.25 bits per heavy atom. The number of nitrogens with zero attached hydrogens (tertiary/aromatic N) is 1. The van der Waals surface area contributed by atoms with Crippen LogP contribution < -0.4 is 0 Å². The van der Waals surface area contributed by atoms with Crippen LogP contribution in [0.3, 0.4) is 0 Å². The fourth-order valence-corrected chi connectivity index (χ4v) is 1.18.